The first-order chi connectivity index (χ1) is 8.09. The molecule has 2 N–H and O–H groups in total. The highest BCUT2D eigenvalue weighted by Gasteiger charge is 2.25. The summed E-state index contributed by atoms with van der Waals surface area (Å²) in [6.45, 7) is 6.20. The average molecular weight is 234 g/mol. The number of phenols is 1. The molecular weight excluding hydrogens is 216 g/mol. The summed E-state index contributed by atoms with van der Waals surface area (Å²) in [6, 6.07) is 5.33. The Balaban J connectivity index is 2.24. The lowest BCUT2D eigenvalue weighted by Gasteiger charge is -2.34. The number of hydrogen-bond donors (Lipinski definition) is 2. The van der Waals surface area contributed by atoms with Gasteiger partial charge in [-0.05, 0) is 31.5 Å². The van der Waals surface area contributed by atoms with E-state index in [2.05, 4.69) is 5.32 Å². The highest BCUT2D eigenvalue weighted by molar-refractivity contribution is 5.97. The van der Waals surface area contributed by atoms with E-state index in [1.54, 1.807) is 17.0 Å². The number of nitrogens with one attached hydrogen (secondary N) is 1. The third kappa shape index (κ3) is 2.42. The first-order valence-electron chi connectivity index (χ1n) is 5.91. The molecule has 1 fully saturated rings. The normalized spacial score (nSPS) is 20.4. The molecule has 1 heterocycles. The van der Waals surface area contributed by atoms with E-state index >= 15 is 0 Å². The molecule has 0 aliphatic carbocycles. The third-order valence-corrected chi connectivity index (χ3v) is 3.15. The van der Waals surface area contributed by atoms with E-state index in [-0.39, 0.29) is 17.7 Å². The Hall–Kier alpha value is -1.55. The number of rotatable bonds is 1. The molecule has 1 aromatic rings. The second kappa shape index (κ2) is 4.75. The van der Waals surface area contributed by atoms with Gasteiger partial charge in [0, 0.05) is 25.7 Å². The minimum atomic E-state index is -0.0866. The van der Waals surface area contributed by atoms with Gasteiger partial charge in [-0.1, -0.05) is 6.07 Å². The smallest absolute Gasteiger partial charge is 0.257 e. The minimum Gasteiger partial charge on any atom is -0.507 e. The maximum Gasteiger partial charge on any atom is 0.257 e. The number of hydrogen-bond acceptors (Lipinski definition) is 3. The molecule has 1 aliphatic rings. The lowest BCUT2D eigenvalue weighted by Crippen LogP contribution is -2.52. The van der Waals surface area contributed by atoms with Gasteiger partial charge in [-0.15, -0.1) is 0 Å². The van der Waals surface area contributed by atoms with Crippen molar-refractivity contribution in [3.8, 4) is 5.75 Å². The monoisotopic (exact) mass is 234 g/mol. The van der Waals surface area contributed by atoms with Crippen LogP contribution in [0.2, 0.25) is 0 Å². The van der Waals surface area contributed by atoms with E-state index in [4.69, 9.17) is 0 Å². The fourth-order valence-corrected chi connectivity index (χ4v) is 2.12. The van der Waals surface area contributed by atoms with Gasteiger partial charge in [-0.3, -0.25) is 4.79 Å². The summed E-state index contributed by atoms with van der Waals surface area (Å²) < 4.78 is 0. The van der Waals surface area contributed by atoms with Crippen LogP contribution >= 0.6 is 0 Å². The standard InChI is InChI=1S/C13H18N2O2/c1-9-3-4-11(12(16)7-9)13(17)15-6-5-14-8-10(15)2/h3-4,7,10,14,16H,5-6,8H2,1-2H3/t10-/m1/s1. The fraction of sp³-hybridized carbons (Fsp3) is 0.462. The van der Waals surface area contributed by atoms with Crippen molar-refractivity contribution in [3.63, 3.8) is 0 Å². The van der Waals surface area contributed by atoms with Gasteiger partial charge in [0.2, 0.25) is 0 Å². The van der Waals surface area contributed by atoms with Crippen LogP contribution in [0.15, 0.2) is 18.2 Å². The van der Waals surface area contributed by atoms with Crippen LogP contribution in [0.5, 0.6) is 5.75 Å². The molecule has 0 spiro atoms. The Morgan fingerprint density at radius 1 is 1.53 bits per heavy atom. The summed E-state index contributed by atoms with van der Waals surface area (Å²) >= 11 is 0. The number of amides is 1. The van der Waals surface area contributed by atoms with Crippen molar-refractivity contribution in [3.05, 3.63) is 29.3 Å². The molecule has 0 saturated carbocycles. The number of aromatic hydroxyl groups is 1. The van der Waals surface area contributed by atoms with E-state index in [0.717, 1.165) is 18.7 Å². The summed E-state index contributed by atoms with van der Waals surface area (Å²) in [5.74, 6) is -0.0165. The van der Waals surface area contributed by atoms with E-state index in [1.165, 1.54) is 0 Å². The van der Waals surface area contributed by atoms with Gasteiger partial charge in [0.15, 0.2) is 0 Å². The molecular formula is C13H18N2O2. The molecule has 0 bridgehead atoms. The first-order valence-corrected chi connectivity index (χ1v) is 5.91. The van der Waals surface area contributed by atoms with Crippen LogP contribution in [0.1, 0.15) is 22.8 Å². The predicted molar refractivity (Wildman–Crippen MR) is 66.2 cm³/mol. The predicted octanol–water partition coefficient (Wildman–Crippen LogP) is 1.13. The largest absolute Gasteiger partial charge is 0.507 e. The molecule has 1 atom stereocenters. The number of carbonyl (C=O) groups is 1. The van der Waals surface area contributed by atoms with Crippen molar-refractivity contribution in [1.82, 2.24) is 10.2 Å². The number of phenolic OH excluding ortho intramolecular Hbond substituents is 1. The van der Waals surface area contributed by atoms with Crippen molar-refractivity contribution in [2.45, 2.75) is 19.9 Å². The Bertz CT molecular complexity index is 431. The van der Waals surface area contributed by atoms with E-state index in [9.17, 15) is 9.90 Å². The van der Waals surface area contributed by atoms with Gasteiger partial charge in [0.05, 0.1) is 5.56 Å². The van der Waals surface area contributed by atoms with Crippen molar-refractivity contribution in [1.29, 1.82) is 0 Å². The molecule has 0 unspecified atom stereocenters. The highest BCUT2D eigenvalue weighted by Crippen LogP contribution is 2.21. The Labute approximate surface area is 101 Å². The van der Waals surface area contributed by atoms with Crippen LogP contribution in [0.3, 0.4) is 0 Å². The number of nitrogens with zero attached hydrogens (tertiary/aromatic N) is 1. The van der Waals surface area contributed by atoms with Gasteiger partial charge in [0.25, 0.3) is 5.91 Å². The third-order valence-electron chi connectivity index (χ3n) is 3.15. The number of aryl methyl sites for hydroxylation is 1. The van der Waals surface area contributed by atoms with Crippen LogP contribution in [-0.4, -0.2) is 41.6 Å². The van der Waals surface area contributed by atoms with Crippen molar-refractivity contribution >= 4 is 5.91 Å². The fourth-order valence-electron chi connectivity index (χ4n) is 2.12. The van der Waals surface area contributed by atoms with Crippen LogP contribution in [0.4, 0.5) is 0 Å². The highest BCUT2D eigenvalue weighted by atomic mass is 16.3. The molecule has 0 radical (unpaired) electrons. The van der Waals surface area contributed by atoms with Crippen LogP contribution in [-0.2, 0) is 0 Å². The molecule has 1 aliphatic heterocycles. The summed E-state index contributed by atoms with van der Waals surface area (Å²) in [4.78, 5) is 14.1. The molecule has 92 valence electrons. The molecule has 4 nitrogen and oxygen atoms in total. The minimum absolute atomic E-state index is 0.0701. The summed E-state index contributed by atoms with van der Waals surface area (Å²) in [7, 11) is 0. The van der Waals surface area contributed by atoms with E-state index in [0.29, 0.717) is 12.1 Å². The zero-order valence-electron chi connectivity index (χ0n) is 10.2. The van der Waals surface area contributed by atoms with Gasteiger partial charge in [0.1, 0.15) is 5.75 Å². The summed E-state index contributed by atoms with van der Waals surface area (Å²) in [5.41, 5.74) is 1.34. The van der Waals surface area contributed by atoms with Crippen LogP contribution < -0.4 is 5.32 Å². The first kappa shape index (κ1) is 11.9. The zero-order chi connectivity index (χ0) is 12.4. The molecule has 1 saturated heterocycles. The molecule has 0 aromatic heterocycles. The van der Waals surface area contributed by atoms with Crippen LogP contribution in [0.25, 0.3) is 0 Å². The lowest BCUT2D eigenvalue weighted by molar-refractivity contribution is 0.0652. The lowest BCUT2D eigenvalue weighted by atomic mass is 10.1. The Morgan fingerprint density at radius 2 is 2.29 bits per heavy atom. The van der Waals surface area contributed by atoms with Crippen molar-refractivity contribution < 1.29 is 9.90 Å². The molecule has 1 aromatic carbocycles. The van der Waals surface area contributed by atoms with Gasteiger partial charge in [-0.25, -0.2) is 0 Å². The quantitative estimate of drug-likeness (QED) is 0.766. The second-order valence-electron chi connectivity index (χ2n) is 4.57. The molecule has 1 amide bonds. The Morgan fingerprint density at radius 3 is 2.94 bits per heavy atom. The molecule has 2 rings (SSSR count). The van der Waals surface area contributed by atoms with Gasteiger partial charge in [-0.2, -0.15) is 0 Å². The number of benzene rings is 1. The number of carbonyl (C=O) groups excluding carboxylic acids is 1. The summed E-state index contributed by atoms with van der Waals surface area (Å²) in [5, 5.41) is 13.1. The van der Waals surface area contributed by atoms with Crippen molar-refractivity contribution in [2.75, 3.05) is 19.6 Å². The van der Waals surface area contributed by atoms with Gasteiger partial charge >= 0.3 is 0 Å². The van der Waals surface area contributed by atoms with Crippen LogP contribution in [0, 0.1) is 6.92 Å². The summed E-state index contributed by atoms with van der Waals surface area (Å²) in [6.07, 6.45) is 0. The van der Waals surface area contributed by atoms with E-state index < -0.39 is 0 Å². The van der Waals surface area contributed by atoms with E-state index in [1.807, 2.05) is 19.9 Å². The molecule has 17 heavy (non-hydrogen) atoms. The SMILES string of the molecule is Cc1ccc(C(=O)N2CCNC[C@H]2C)c(O)c1. The maximum atomic E-state index is 12.3. The molecule has 4 heteroatoms. The maximum absolute atomic E-state index is 12.3. The van der Waals surface area contributed by atoms with Crippen molar-refractivity contribution in [2.24, 2.45) is 0 Å². The van der Waals surface area contributed by atoms with Gasteiger partial charge < -0.3 is 15.3 Å². The Kier molecular flexibility index (Phi) is 3.33. The zero-order valence-corrected chi connectivity index (χ0v) is 10.2. The topological polar surface area (TPSA) is 52.6 Å². The second-order valence-corrected chi connectivity index (χ2v) is 4.57. The average Bonchev–Trinajstić information content (AvgIpc) is 2.29. The number of piperazine rings is 1.